The van der Waals surface area contributed by atoms with Crippen LogP contribution >= 0.6 is 0 Å². The van der Waals surface area contributed by atoms with Gasteiger partial charge in [0.2, 0.25) is 0 Å². The molecule has 0 fully saturated rings. The topological polar surface area (TPSA) is 71.7 Å². The van der Waals surface area contributed by atoms with E-state index in [2.05, 4.69) is 14.8 Å². The van der Waals surface area contributed by atoms with Gasteiger partial charge >= 0.3 is 5.97 Å². The maximum absolute atomic E-state index is 11.4. The number of carbonyl (C=O) groups excluding carboxylic acids is 1. The Hall–Kier alpha value is -2.76. The Morgan fingerprint density at radius 2 is 1.61 bits per heavy atom. The standard InChI is InChI=1S/C17H22N4O2/c1-20(14-6-4-13(5-7-14)17(22)23-3)10-11-21(2)15-8-9-16(18)19-12-15/h4-9,12H,10-11H2,1-3H3,(H2,18,19). The minimum atomic E-state index is -0.324. The maximum Gasteiger partial charge on any atom is 0.337 e. The number of rotatable bonds is 6. The normalized spacial score (nSPS) is 10.2. The van der Waals surface area contributed by atoms with Crippen LogP contribution in [0.4, 0.5) is 17.2 Å². The number of hydrogen-bond donors (Lipinski definition) is 1. The van der Waals surface area contributed by atoms with E-state index in [0.29, 0.717) is 11.4 Å². The molecule has 23 heavy (non-hydrogen) atoms. The molecule has 122 valence electrons. The van der Waals surface area contributed by atoms with Crippen molar-refractivity contribution in [1.29, 1.82) is 0 Å². The Kier molecular flexibility index (Phi) is 5.41. The van der Waals surface area contributed by atoms with Crippen LogP contribution in [0.5, 0.6) is 0 Å². The van der Waals surface area contributed by atoms with E-state index in [-0.39, 0.29) is 5.97 Å². The Morgan fingerprint density at radius 1 is 1.04 bits per heavy atom. The van der Waals surface area contributed by atoms with Crippen molar-refractivity contribution >= 4 is 23.2 Å². The molecular formula is C17H22N4O2. The second-order valence-corrected chi connectivity index (χ2v) is 5.32. The number of hydrogen-bond acceptors (Lipinski definition) is 6. The summed E-state index contributed by atoms with van der Waals surface area (Å²) in [6.07, 6.45) is 1.76. The molecule has 2 N–H and O–H groups in total. The van der Waals surface area contributed by atoms with E-state index < -0.39 is 0 Å². The largest absolute Gasteiger partial charge is 0.465 e. The summed E-state index contributed by atoms with van der Waals surface area (Å²) in [5.41, 5.74) is 8.21. The number of aromatic nitrogens is 1. The lowest BCUT2D eigenvalue weighted by Crippen LogP contribution is -2.30. The van der Waals surface area contributed by atoms with E-state index in [1.807, 2.05) is 32.3 Å². The second-order valence-electron chi connectivity index (χ2n) is 5.32. The van der Waals surface area contributed by atoms with Crippen LogP contribution in [0.25, 0.3) is 0 Å². The first-order chi connectivity index (χ1) is 11.0. The minimum Gasteiger partial charge on any atom is -0.465 e. The molecule has 6 nitrogen and oxygen atoms in total. The number of benzene rings is 1. The van der Waals surface area contributed by atoms with Gasteiger partial charge in [0, 0.05) is 32.9 Å². The van der Waals surface area contributed by atoms with Crippen LogP contribution in [-0.2, 0) is 4.74 Å². The van der Waals surface area contributed by atoms with E-state index >= 15 is 0 Å². The molecule has 0 bridgehead atoms. The zero-order chi connectivity index (χ0) is 16.8. The van der Waals surface area contributed by atoms with Crippen molar-refractivity contribution in [2.75, 3.05) is 49.8 Å². The lowest BCUT2D eigenvalue weighted by Gasteiger charge is -2.25. The average molecular weight is 314 g/mol. The summed E-state index contributed by atoms with van der Waals surface area (Å²) < 4.78 is 4.70. The summed E-state index contributed by atoms with van der Waals surface area (Å²) >= 11 is 0. The van der Waals surface area contributed by atoms with E-state index in [9.17, 15) is 4.79 Å². The summed E-state index contributed by atoms with van der Waals surface area (Å²) in [7, 11) is 5.41. The number of ether oxygens (including phenoxy) is 1. The van der Waals surface area contributed by atoms with Crippen molar-refractivity contribution in [3.8, 4) is 0 Å². The van der Waals surface area contributed by atoms with E-state index in [4.69, 9.17) is 10.5 Å². The van der Waals surface area contributed by atoms with Gasteiger partial charge in [-0.25, -0.2) is 9.78 Å². The van der Waals surface area contributed by atoms with Gasteiger partial charge in [0.25, 0.3) is 0 Å². The summed E-state index contributed by atoms with van der Waals surface area (Å²) in [6.45, 7) is 1.67. The zero-order valence-corrected chi connectivity index (χ0v) is 13.7. The van der Waals surface area contributed by atoms with Crippen molar-refractivity contribution in [3.63, 3.8) is 0 Å². The molecule has 0 aliphatic rings. The molecule has 0 unspecified atom stereocenters. The Balaban J connectivity index is 1.92. The highest BCUT2D eigenvalue weighted by Gasteiger charge is 2.08. The Morgan fingerprint density at radius 3 is 2.13 bits per heavy atom. The third-order valence-corrected chi connectivity index (χ3v) is 3.71. The van der Waals surface area contributed by atoms with E-state index in [1.54, 1.807) is 24.4 Å². The third-order valence-electron chi connectivity index (χ3n) is 3.71. The van der Waals surface area contributed by atoms with Gasteiger partial charge in [0.15, 0.2) is 0 Å². The van der Waals surface area contributed by atoms with Crippen LogP contribution in [0.3, 0.4) is 0 Å². The number of nitrogen functional groups attached to an aromatic ring is 1. The first-order valence-electron chi connectivity index (χ1n) is 7.33. The van der Waals surface area contributed by atoms with Gasteiger partial charge in [-0.2, -0.15) is 0 Å². The lowest BCUT2D eigenvalue weighted by molar-refractivity contribution is 0.0601. The van der Waals surface area contributed by atoms with E-state index in [0.717, 1.165) is 24.5 Å². The SMILES string of the molecule is COC(=O)c1ccc(N(C)CCN(C)c2ccc(N)nc2)cc1. The lowest BCUT2D eigenvalue weighted by atomic mass is 10.2. The quantitative estimate of drug-likeness (QED) is 0.823. The van der Waals surface area contributed by atoms with Gasteiger partial charge in [-0.15, -0.1) is 0 Å². The molecule has 6 heteroatoms. The number of pyridine rings is 1. The second kappa shape index (κ2) is 7.49. The smallest absolute Gasteiger partial charge is 0.337 e. The predicted octanol–water partition coefficient (Wildman–Crippen LogP) is 2.02. The van der Waals surface area contributed by atoms with Crippen LogP contribution in [0.15, 0.2) is 42.6 Å². The molecule has 1 aromatic heterocycles. The van der Waals surface area contributed by atoms with Gasteiger partial charge < -0.3 is 20.3 Å². The van der Waals surface area contributed by atoms with Crippen molar-refractivity contribution in [2.45, 2.75) is 0 Å². The first-order valence-corrected chi connectivity index (χ1v) is 7.33. The number of carbonyl (C=O) groups is 1. The Labute approximate surface area is 136 Å². The fourth-order valence-corrected chi connectivity index (χ4v) is 2.15. The minimum absolute atomic E-state index is 0.324. The highest BCUT2D eigenvalue weighted by Crippen LogP contribution is 2.16. The molecule has 0 saturated heterocycles. The maximum atomic E-state index is 11.4. The Bertz CT molecular complexity index is 641. The highest BCUT2D eigenvalue weighted by molar-refractivity contribution is 5.89. The molecule has 0 radical (unpaired) electrons. The van der Waals surface area contributed by atoms with Crippen molar-refractivity contribution in [3.05, 3.63) is 48.2 Å². The molecule has 1 heterocycles. The summed E-state index contributed by atoms with van der Waals surface area (Å²) in [5.74, 6) is 0.194. The van der Waals surface area contributed by atoms with Gasteiger partial charge in [-0.3, -0.25) is 0 Å². The molecule has 0 saturated carbocycles. The van der Waals surface area contributed by atoms with Crippen LogP contribution in [0, 0.1) is 0 Å². The van der Waals surface area contributed by atoms with Crippen molar-refractivity contribution in [2.24, 2.45) is 0 Å². The number of methoxy groups -OCH3 is 1. The summed E-state index contributed by atoms with van der Waals surface area (Å²) in [6, 6.07) is 11.1. The van der Waals surface area contributed by atoms with Gasteiger partial charge in [0.05, 0.1) is 24.6 Å². The number of anilines is 3. The molecule has 2 rings (SSSR count). The molecule has 1 aromatic carbocycles. The summed E-state index contributed by atoms with van der Waals surface area (Å²) in [4.78, 5) is 19.8. The average Bonchev–Trinajstić information content (AvgIpc) is 2.59. The van der Waals surface area contributed by atoms with E-state index in [1.165, 1.54) is 7.11 Å². The number of likely N-dealkylation sites (N-methyl/N-ethyl adjacent to an activating group) is 2. The number of nitrogens with two attached hydrogens (primary N) is 1. The molecule has 2 aromatic rings. The van der Waals surface area contributed by atoms with Crippen molar-refractivity contribution in [1.82, 2.24) is 4.98 Å². The number of nitrogens with zero attached hydrogens (tertiary/aromatic N) is 3. The van der Waals surface area contributed by atoms with Gasteiger partial charge in [0.1, 0.15) is 5.82 Å². The molecule has 0 spiro atoms. The molecule has 0 aliphatic heterocycles. The predicted molar refractivity (Wildman–Crippen MR) is 93.0 cm³/mol. The highest BCUT2D eigenvalue weighted by atomic mass is 16.5. The van der Waals surface area contributed by atoms with Crippen LogP contribution in [-0.4, -0.2) is 45.2 Å². The van der Waals surface area contributed by atoms with Gasteiger partial charge in [-0.1, -0.05) is 0 Å². The fraction of sp³-hybridized carbons (Fsp3) is 0.294. The summed E-state index contributed by atoms with van der Waals surface area (Å²) in [5, 5.41) is 0. The van der Waals surface area contributed by atoms with Crippen molar-refractivity contribution < 1.29 is 9.53 Å². The van der Waals surface area contributed by atoms with Crippen LogP contribution < -0.4 is 15.5 Å². The molecule has 0 atom stereocenters. The fourth-order valence-electron chi connectivity index (χ4n) is 2.15. The van der Waals surface area contributed by atoms with Crippen LogP contribution in [0.1, 0.15) is 10.4 Å². The number of esters is 1. The molecule has 0 aliphatic carbocycles. The van der Waals surface area contributed by atoms with Gasteiger partial charge in [-0.05, 0) is 36.4 Å². The molecule has 0 amide bonds. The third kappa shape index (κ3) is 4.35. The molecular weight excluding hydrogens is 292 g/mol. The monoisotopic (exact) mass is 314 g/mol. The zero-order valence-electron chi connectivity index (χ0n) is 13.7. The first kappa shape index (κ1) is 16.6. The van der Waals surface area contributed by atoms with Crippen LogP contribution in [0.2, 0.25) is 0 Å².